The molecule has 1 spiro atoms. The topological polar surface area (TPSA) is 52.6 Å². The SMILES string of the molecule is C[C@]12CCC(=O)CC1=CCC1C2=CC[C@@]2(C)C1CC[C@@]21COC(=O)O1. The molecule has 4 nitrogen and oxygen atoms in total. The molecule has 0 aromatic heterocycles. The molecule has 2 saturated carbocycles. The Morgan fingerprint density at radius 3 is 2.76 bits per heavy atom. The van der Waals surface area contributed by atoms with E-state index in [9.17, 15) is 9.59 Å². The molecule has 0 radical (unpaired) electrons. The van der Waals surface area contributed by atoms with E-state index in [-0.39, 0.29) is 10.8 Å². The second-order valence-corrected chi connectivity index (χ2v) is 9.18. The highest BCUT2D eigenvalue weighted by molar-refractivity contribution is 5.83. The zero-order valence-corrected chi connectivity index (χ0v) is 15.1. The fourth-order valence-electron chi connectivity index (χ4n) is 6.67. The predicted molar refractivity (Wildman–Crippen MR) is 91.9 cm³/mol. The number of Topliss-reactive ketones (excluding diaryl/α,β-unsaturated/α-hetero) is 1. The highest BCUT2D eigenvalue weighted by Gasteiger charge is 2.66. The zero-order chi connectivity index (χ0) is 17.4. The number of ether oxygens (including phenoxy) is 2. The number of rotatable bonds is 0. The highest BCUT2D eigenvalue weighted by Crippen LogP contribution is 2.66. The minimum absolute atomic E-state index is 0.0421. The summed E-state index contributed by atoms with van der Waals surface area (Å²) in [6.07, 6.45) is 10.5. The largest absolute Gasteiger partial charge is 0.509 e. The third-order valence-corrected chi connectivity index (χ3v) is 8.31. The van der Waals surface area contributed by atoms with E-state index in [0.717, 1.165) is 32.1 Å². The van der Waals surface area contributed by atoms with Crippen molar-refractivity contribution in [1.82, 2.24) is 0 Å². The van der Waals surface area contributed by atoms with Gasteiger partial charge in [0.1, 0.15) is 12.4 Å². The van der Waals surface area contributed by atoms with Crippen LogP contribution in [0.15, 0.2) is 23.3 Å². The molecule has 5 rings (SSSR count). The van der Waals surface area contributed by atoms with E-state index in [1.165, 1.54) is 5.57 Å². The molecular weight excluding hydrogens is 316 g/mol. The van der Waals surface area contributed by atoms with E-state index in [1.807, 2.05) is 0 Å². The summed E-state index contributed by atoms with van der Waals surface area (Å²) < 4.78 is 11.0. The van der Waals surface area contributed by atoms with Gasteiger partial charge in [0.25, 0.3) is 0 Å². The predicted octanol–water partition coefficient (Wildman–Crippen LogP) is 4.34. The molecule has 25 heavy (non-hydrogen) atoms. The van der Waals surface area contributed by atoms with E-state index in [2.05, 4.69) is 26.0 Å². The fraction of sp³-hybridized carbons (Fsp3) is 0.714. The van der Waals surface area contributed by atoms with Crippen molar-refractivity contribution in [2.75, 3.05) is 6.61 Å². The van der Waals surface area contributed by atoms with Crippen LogP contribution in [0.2, 0.25) is 0 Å². The molecule has 4 aliphatic carbocycles. The molecule has 0 aromatic rings. The summed E-state index contributed by atoms with van der Waals surface area (Å²) in [6.45, 7) is 5.04. The smallest absolute Gasteiger partial charge is 0.430 e. The standard InChI is InChI=1S/C21H26O4/c1-19-8-5-14(22)11-13(19)3-4-15-16(19)6-9-20(2)17(15)7-10-21(20)12-24-18(23)25-21/h3,6,15,17H,4-5,7-12H2,1-2H3/t15?,17?,19-,20-,21+/m0/s1. The number of hydrogen-bond acceptors (Lipinski definition) is 4. The molecule has 5 atom stereocenters. The third-order valence-electron chi connectivity index (χ3n) is 8.31. The lowest BCUT2D eigenvalue weighted by molar-refractivity contribution is -0.120. The van der Waals surface area contributed by atoms with E-state index in [4.69, 9.17) is 9.47 Å². The molecule has 0 bridgehead atoms. The van der Waals surface area contributed by atoms with Crippen LogP contribution in [0.5, 0.6) is 0 Å². The summed E-state index contributed by atoms with van der Waals surface area (Å²) in [7, 11) is 0. The number of carbonyl (C=O) groups is 2. The van der Waals surface area contributed by atoms with Gasteiger partial charge in [0.05, 0.1) is 0 Å². The quantitative estimate of drug-likeness (QED) is 0.485. The van der Waals surface area contributed by atoms with Gasteiger partial charge in [0, 0.05) is 23.7 Å². The van der Waals surface area contributed by atoms with Gasteiger partial charge in [-0.25, -0.2) is 4.79 Å². The zero-order valence-electron chi connectivity index (χ0n) is 15.1. The Hall–Kier alpha value is -1.58. The first kappa shape index (κ1) is 15.7. The molecule has 0 amide bonds. The van der Waals surface area contributed by atoms with Gasteiger partial charge in [-0.05, 0) is 43.9 Å². The summed E-state index contributed by atoms with van der Waals surface area (Å²) in [5.41, 5.74) is 2.49. The molecule has 1 saturated heterocycles. The van der Waals surface area contributed by atoms with Gasteiger partial charge in [-0.1, -0.05) is 37.1 Å². The van der Waals surface area contributed by atoms with Crippen molar-refractivity contribution in [2.24, 2.45) is 22.7 Å². The Kier molecular flexibility index (Phi) is 2.99. The van der Waals surface area contributed by atoms with Crippen molar-refractivity contribution in [3.8, 4) is 0 Å². The lowest BCUT2D eigenvalue weighted by atomic mass is 9.51. The minimum Gasteiger partial charge on any atom is -0.430 e. The molecule has 0 N–H and O–H groups in total. The first-order chi connectivity index (χ1) is 11.9. The molecule has 4 heteroatoms. The second kappa shape index (κ2) is 4.77. The van der Waals surface area contributed by atoms with Crippen molar-refractivity contribution in [2.45, 2.75) is 64.4 Å². The van der Waals surface area contributed by atoms with Crippen LogP contribution in [-0.4, -0.2) is 24.1 Å². The maximum absolute atomic E-state index is 11.9. The van der Waals surface area contributed by atoms with Crippen molar-refractivity contribution in [3.63, 3.8) is 0 Å². The molecule has 0 aromatic carbocycles. The molecule has 5 aliphatic rings. The van der Waals surface area contributed by atoms with Gasteiger partial charge in [-0.2, -0.15) is 0 Å². The molecular formula is C21H26O4. The summed E-state index contributed by atoms with van der Waals surface area (Å²) in [5, 5.41) is 0. The molecule has 1 aliphatic heterocycles. The monoisotopic (exact) mass is 342 g/mol. The number of fused-ring (bicyclic) bond motifs is 6. The van der Waals surface area contributed by atoms with Crippen molar-refractivity contribution in [3.05, 3.63) is 23.3 Å². The van der Waals surface area contributed by atoms with Gasteiger partial charge in [0.15, 0.2) is 5.60 Å². The summed E-state index contributed by atoms with van der Waals surface area (Å²) in [6, 6.07) is 0. The van der Waals surface area contributed by atoms with E-state index in [0.29, 0.717) is 37.1 Å². The Labute approximate surface area is 148 Å². The average Bonchev–Trinajstić information content (AvgIpc) is 3.10. The Morgan fingerprint density at radius 1 is 1.16 bits per heavy atom. The first-order valence-corrected chi connectivity index (χ1v) is 9.66. The lowest BCUT2D eigenvalue weighted by Crippen LogP contribution is -2.51. The average molecular weight is 342 g/mol. The van der Waals surface area contributed by atoms with Crippen LogP contribution in [-0.2, 0) is 14.3 Å². The van der Waals surface area contributed by atoms with Gasteiger partial charge in [-0.3, -0.25) is 4.79 Å². The molecule has 2 unspecified atom stereocenters. The van der Waals surface area contributed by atoms with Crippen LogP contribution in [0.4, 0.5) is 4.79 Å². The van der Waals surface area contributed by atoms with E-state index >= 15 is 0 Å². The maximum atomic E-state index is 11.9. The van der Waals surface area contributed by atoms with E-state index < -0.39 is 11.8 Å². The van der Waals surface area contributed by atoms with Crippen molar-refractivity contribution >= 4 is 11.9 Å². The summed E-state index contributed by atoms with van der Waals surface area (Å²) >= 11 is 0. The van der Waals surface area contributed by atoms with Crippen molar-refractivity contribution in [1.29, 1.82) is 0 Å². The van der Waals surface area contributed by atoms with Crippen LogP contribution < -0.4 is 0 Å². The van der Waals surface area contributed by atoms with E-state index in [1.54, 1.807) is 5.57 Å². The Bertz CT molecular complexity index is 734. The normalized spacial score (nSPS) is 48.1. The summed E-state index contributed by atoms with van der Waals surface area (Å²) in [5.74, 6) is 1.42. The van der Waals surface area contributed by atoms with Gasteiger partial charge in [-0.15, -0.1) is 0 Å². The first-order valence-electron chi connectivity index (χ1n) is 9.66. The van der Waals surface area contributed by atoms with Crippen LogP contribution in [0.1, 0.15) is 58.8 Å². The Balaban J connectivity index is 1.54. The highest BCUT2D eigenvalue weighted by atomic mass is 16.8. The van der Waals surface area contributed by atoms with Gasteiger partial charge < -0.3 is 9.47 Å². The van der Waals surface area contributed by atoms with Crippen LogP contribution >= 0.6 is 0 Å². The van der Waals surface area contributed by atoms with Crippen LogP contribution in [0, 0.1) is 22.7 Å². The van der Waals surface area contributed by atoms with Crippen LogP contribution in [0.3, 0.4) is 0 Å². The lowest BCUT2D eigenvalue weighted by Gasteiger charge is -2.53. The van der Waals surface area contributed by atoms with Crippen molar-refractivity contribution < 1.29 is 19.1 Å². The second-order valence-electron chi connectivity index (χ2n) is 9.18. The van der Waals surface area contributed by atoms with Crippen LogP contribution in [0.25, 0.3) is 0 Å². The number of ketones is 1. The molecule has 1 heterocycles. The molecule has 134 valence electrons. The number of carbonyl (C=O) groups excluding carboxylic acids is 2. The number of hydrogen-bond donors (Lipinski definition) is 0. The number of cyclic esters (lactones) is 1. The maximum Gasteiger partial charge on any atom is 0.509 e. The third kappa shape index (κ3) is 1.83. The van der Waals surface area contributed by atoms with Gasteiger partial charge in [0.2, 0.25) is 0 Å². The summed E-state index contributed by atoms with van der Waals surface area (Å²) in [4.78, 5) is 23.6. The number of allylic oxidation sites excluding steroid dienone is 4. The fourth-order valence-corrected chi connectivity index (χ4v) is 6.67. The Morgan fingerprint density at radius 2 is 2.00 bits per heavy atom. The minimum atomic E-state index is -0.500. The molecule has 3 fully saturated rings. The van der Waals surface area contributed by atoms with Gasteiger partial charge >= 0.3 is 6.16 Å².